The lowest BCUT2D eigenvalue weighted by Gasteiger charge is -2.43. The molecule has 3 aliphatic rings. The summed E-state index contributed by atoms with van der Waals surface area (Å²) in [5.74, 6) is -0.300. The Labute approximate surface area is 182 Å². The highest BCUT2D eigenvalue weighted by atomic mass is 19.1. The zero-order valence-corrected chi connectivity index (χ0v) is 18.1. The second-order valence-electron chi connectivity index (χ2n) is 8.88. The van der Waals surface area contributed by atoms with Crippen LogP contribution in [0.1, 0.15) is 43.0 Å². The molecule has 1 unspecified atom stereocenters. The fourth-order valence-electron chi connectivity index (χ4n) is 4.79. The Balaban J connectivity index is 1.47. The fourth-order valence-corrected chi connectivity index (χ4v) is 4.79. The molecule has 7 nitrogen and oxygen atoms in total. The van der Waals surface area contributed by atoms with Crippen molar-refractivity contribution in [2.45, 2.75) is 44.4 Å². The number of hydrogen-bond donors (Lipinski definition) is 1. The summed E-state index contributed by atoms with van der Waals surface area (Å²) in [4.78, 5) is 30.4. The van der Waals surface area contributed by atoms with Gasteiger partial charge in [-0.05, 0) is 55.9 Å². The van der Waals surface area contributed by atoms with Gasteiger partial charge < -0.3 is 14.8 Å². The summed E-state index contributed by atoms with van der Waals surface area (Å²) in [5.41, 5.74) is -0.388. The summed E-state index contributed by atoms with van der Waals surface area (Å²) in [6.07, 6.45) is 3.30. The van der Waals surface area contributed by atoms with Crippen molar-refractivity contribution in [1.29, 1.82) is 0 Å². The third kappa shape index (κ3) is 4.91. The van der Waals surface area contributed by atoms with E-state index in [0.29, 0.717) is 44.1 Å². The van der Waals surface area contributed by atoms with Crippen LogP contribution in [0.3, 0.4) is 0 Å². The second kappa shape index (κ2) is 9.63. The predicted molar refractivity (Wildman–Crippen MR) is 113 cm³/mol. The van der Waals surface area contributed by atoms with Gasteiger partial charge in [0.15, 0.2) is 0 Å². The summed E-state index contributed by atoms with van der Waals surface area (Å²) in [7, 11) is 0. The van der Waals surface area contributed by atoms with Crippen LogP contribution in [0.5, 0.6) is 0 Å². The van der Waals surface area contributed by atoms with Gasteiger partial charge in [-0.1, -0.05) is 6.92 Å². The van der Waals surface area contributed by atoms with Gasteiger partial charge in [0.1, 0.15) is 17.6 Å². The molecule has 2 heterocycles. The van der Waals surface area contributed by atoms with Crippen LogP contribution in [0, 0.1) is 11.7 Å². The van der Waals surface area contributed by atoms with Crippen LogP contribution >= 0.6 is 0 Å². The molecule has 170 valence electrons. The number of benzene rings is 1. The number of carbonyl (C=O) groups is 2. The number of nitrogens with one attached hydrogen (secondary N) is 1. The predicted octanol–water partition coefficient (Wildman–Crippen LogP) is 2.02. The molecule has 8 heteroatoms. The van der Waals surface area contributed by atoms with Gasteiger partial charge in [-0.2, -0.15) is 0 Å². The third-order valence-electron chi connectivity index (χ3n) is 6.76. The second-order valence-corrected chi connectivity index (χ2v) is 8.88. The molecular formula is C23H32FN3O4. The zero-order valence-electron chi connectivity index (χ0n) is 18.1. The minimum atomic E-state index is -0.760. The average molecular weight is 434 g/mol. The molecule has 1 aromatic rings. The van der Waals surface area contributed by atoms with Gasteiger partial charge in [0, 0.05) is 31.7 Å². The summed E-state index contributed by atoms with van der Waals surface area (Å²) in [6.45, 7) is 6.79. The Hall–Kier alpha value is -2.03. The number of hydrogen-bond acceptors (Lipinski definition) is 5. The summed E-state index contributed by atoms with van der Waals surface area (Å²) >= 11 is 0. The number of ether oxygens (including phenoxy) is 2. The maximum absolute atomic E-state index is 13.5. The van der Waals surface area contributed by atoms with Crippen LogP contribution in [0.2, 0.25) is 0 Å². The molecule has 1 N–H and O–H groups in total. The van der Waals surface area contributed by atoms with Gasteiger partial charge in [0.25, 0.3) is 5.91 Å². The number of amides is 2. The van der Waals surface area contributed by atoms with Crippen LogP contribution in [0.4, 0.5) is 4.39 Å². The highest BCUT2D eigenvalue weighted by Gasteiger charge is 2.53. The smallest absolute Gasteiger partial charge is 0.256 e. The molecule has 1 aromatic carbocycles. The first-order valence-corrected chi connectivity index (χ1v) is 11.3. The van der Waals surface area contributed by atoms with E-state index in [1.165, 1.54) is 24.3 Å². The first kappa shape index (κ1) is 22.2. The van der Waals surface area contributed by atoms with Crippen LogP contribution in [-0.4, -0.2) is 79.4 Å². The zero-order chi connectivity index (χ0) is 21.8. The maximum atomic E-state index is 13.5. The normalized spacial score (nSPS) is 29.3. The van der Waals surface area contributed by atoms with Gasteiger partial charge in [-0.25, -0.2) is 4.39 Å². The van der Waals surface area contributed by atoms with Crippen LogP contribution in [-0.2, 0) is 14.3 Å². The molecule has 2 amide bonds. The Bertz CT molecular complexity index is 774. The number of halogens is 1. The molecule has 2 saturated heterocycles. The van der Waals surface area contributed by atoms with Gasteiger partial charge >= 0.3 is 0 Å². The van der Waals surface area contributed by atoms with Crippen molar-refractivity contribution in [3.8, 4) is 0 Å². The molecule has 0 radical (unpaired) electrons. The van der Waals surface area contributed by atoms with E-state index < -0.39 is 17.6 Å². The van der Waals surface area contributed by atoms with Gasteiger partial charge in [0.2, 0.25) is 5.91 Å². The molecule has 1 spiro atoms. The molecule has 0 aromatic heterocycles. The van der Waals surface area contributed by atoms with E-state index in [1.807, 2.05) is 0 Å². The molecule has 2 aliphatic heterocycles. The Kier molecular flexibility index (Phi) is 6.89. The van der Waals surface area contributed by atoms with Crippen molar-refractivity contribution in [2.24, 2.45) is 5.92 Å². The van der Waals surface area contributed by atoms with E-state index in [2.05, 4.69) is 17.1 Å². The summed E-state index contributed by atoms with van der Waals surface area (Å²) in [6, 6.07) is 4.81. The monoisotopic (exact) mass is 433 g/mol. The van der Waals surface area contributed by atoms with E-state index in [1.54, 1.807) is 4.90 Å². The highest BCUT2D eigenvalue weighted by Crippen LogP contribution is 2.43. The number of rotatable bonds is 5. The van der Waals surface area contributed by atoms with Crippen molar-refractivity contribution in [3.05, 3.63) is 35.6 Å². The molecular weight excluding hydrogens is 401 g/mol. The number of nitrogens with zero attached hydrogens (tertiary/aromatic N) is 2. The van der Waals surface area contributed by atoms with Gasteiger partial charge in [-0.3, -0.25) is 19.4 Å². The molecule has 0 bridgehead atoms. The SMILES string of the molecule is CC1CCC2(CC1)OCC(C(=O)NCCN1CCOCC1)N2C(=O)c1ccc(F)cc1. The lowest BCUT2D eigenvalue weighted by Crippen LogP contribution is -2.57. The third-order valence-corrected chi connectivity index (χ3v) is 6.76. The number of carbonyl (C=O) groups excluding carboxylic acids is 2. The van der Waals surface area contributed by atoms with E-state index in [9.17, 15) is 14.0 Å². The Morgan fingerprint density at radius 2 is 1.84 bits per heavy atom. The standard InChI is InChI=1S/C23H32FN3O4/c1-17-6-8-23(9-7-17)27(22(29)18-2-4-19(24)5-3-18)20(16-31-23)21(28)25-10-11-26-12-14-30-15-13-26/h2-5,17,20H,6-16H2,1H3,(H,25,28). The van der Waals surface area contributed by atoms with Crippen molar-refractivity contribution >= 4 is 11.8 Å². The summed E-state index contributed by atoms with van der Waals surface area (Å²) in [5, 5.41) is 2.99. The first-order chi connectivity index (χ1) is 15.0. The topological polar surface area (TPSA) is 71.1 Å². The lowest BCUT2D eigenvalue weighted by atomic mass is 9.83. The van der Waals surface area contributed by atoms with E-state index in [-0.39, 0.29) is 18.4 Å². The summed E-state index contributed by atoms with van der Waals surface area (Å²) < 4.78 is 24.9. The largest absolute Gasteiger partial charge is 0.379 e. The highest BCUT2D eigenvalue weighted by molar-refractivity contribution is 5.98. The Morgan fingerprint density at radius 1 is 1.16 bits per heavy atom. The quantitative estimate of drug-likeness (QED) is 0.769. The minimum Gasteiger partial charge on any atom is -0.379 e. The van der Waals surface area contributed by atoms with Crippen LogP contribution < -0.4 is 5.32 Å². The van der Waals surface area contributed by atoms with Crippen LogP contribution in [0.15, 0.2) is 24.3 Å². The molecule has 31 heavy (non-hydrogen) atoms. The van der Waals surface area contributed by atoms with Crippen molar-refractivity contribution < 1.29 is 23.5 Å². The maximum Gasteiger partial charge on any atom is 0.256 e. The molecule has 3 fully saturated rings. The van der Waals surface area contributed by atoms with Crippen molar-refractivity contribution in [3.63, 3.8) is 0 Å². The average Bonchev–Trinajstić information content (AvgIpc) is 3.15. The fraction of sp³-hybridized carbons (Fsp3) is 0.652. The minimum absolute atomic E-state index is 0.185. The first-order valence-electron chi connectivity index (χ1n) is 11.3. The van der Waals surface area contributed by atoms with Crippen molar-refractivity contribution in [2.75, 3.05) is 46.0 Å². The Morgan fingerprint density at radius 3 is 2.52 bits per heavy atom. The van der Waals surface area contributed by atoms with E-state index in [4.69, 9.17) is 9.47 Å². The van der Waals surface area contributed by atoms with Crippen molar-refractivity contribution in [1.82, 2.24) is 15.1 Å². The van der Waals surface area contributed by atoms with E-state index >= 15 is 0 Å². The molecule has 1 aliphatic carbocycles. The molecule has 1 saturated carbocycles. The van der Waals surface area contributed by atoms with Gasteiger partial charge in [-0.15, -0.1) is 0 Å². The lowest BCUT2D eigenvalue weighted by molar-refractivity contribution is -0.127. The van der Waals surface area contributed by atoms with Gasteiger partial charge in [0.05, 0.1) is 19.8 Å². The molecule has 4 rings (SSSR count). The van der Waals surface area contributed by atoms with E-state index in [0.717, 1.165) is 32.5 Å². The number of morpholine rings is 1. The molecule has 1 atom stereocenters. The van der Waals surface area contributed by atoms with Crippen LogP contribution in [0.25, 0.3) is 0 Å².